The Bertz CT molecular complexity index is 1320. The number of benzene rings is 2. The molecule has 2 aromatic carbocycles. The standard InChI is InChI=1S/C29H34O14/c30-12-20-22(34)24(36)26(38)28(42-20)40-18-8-6-14(10-16(18)32)4-2-1-3-5-15-7-9-19(17(33)11-15)41-29-27(39)25(37)23(35)21(13-31)43-29/h2,4,6-11,20-39H,1,12-13H2/t20-,21-,22-,23-,24+,25+,26-,27-,28-,29-/m1/s1. The van der Waals surface area contributed by atoms with Crippen molar-refractivity contribution in [2.75, 3.05) is 13.2 Å². The number of allylic oxidation sites excluding steroid dienone is 1. The normalized spacial score (nSPS) is 32.7. The van der Waals surface area contributed by atoms with E-state index < -0.39 is 74.6 Å². The second-order valence-corrected chi connectivity index (χ2v) is 9.95. The van der Waals surface area contributed by atoms with Crippen LogP contribution in [0.2, 0.25) is 0 Å². The molecule has 0 saturated carbocycles. The second-order valence-electron chi connectivity index (χ2n) is 9.95. The molecular formula is C29H34O14. The van der Waals surface area contributed by atoms with E-state index in [4.69, 9.17) is 18.9 Å². The number of hydrogen-bond acceptors (Lipinski definition) is 14. The van der Waals surface area contributed by atoms with E-state index in [1.807, 2.05) is 0 Å². The molecule has 43 heavy (non-hydrogen) atoms. The lowest BCUT2D eigenvalue weighted by Gasteiger charge is -2.39. The zero-order chi connectivity index (χ0) is 31.3. The lowest BCUT2D eigenvalue weighted by atomic mass is 9.99. The Morgan fingerprint density at radius 1 is 0.674 bits per heavy atom. The van der Waals surface area contributed by atoms with Crippen molar-refractivity contribution in [1.29, 1.82) is 0 Å². The van der Waals surface area contributed by atoms with Crippen LogP contribution in [0.5, 0.6) is 23.0 Å². The van der Waals surface area contributed by atoms with Crippen LogP contribution in [0, 0.1) is 11.8 Å². The Kier molecular flexibility index (Phi) is 10.8. The van der Waals surface area contributed by atoms with Crippen LogP contribution in [0.25, 0.3) is 6.08 Å². The number of aliphatic hydroxyl groups is 8. The van der Waals surface area contributed by atoms with Crippen LogP contribution in [-0.4, -0.2) is 126 Å². The molecule has 14 heteroatoms. The number of ether oxygens (including phenoxy) is 4. The summed E-state index contributed by atoms with van der Waals surface area (Å²) >= 11 is 0. The molecule has 2 heterocycles. The predicted molar refractivity (Wildman–Crippen MR) is 146 cm³/mol. The zero-order valence-corrected chi connectivity index (χ0v) is 22.6. The molecule has 2 aliphatic heterocycles. The third-order valence-corrected chi connectivity index (χ3v) is 6.89. The highest BCUT2D eigenvalue weighted by Crippen LogP contribution is 2.32. The van der Waals surface area contributed by atoms with Crippen LogP contribution in [0.3, 0.4) is 0 Å². The summed E-state index contributed by atoms with van der Waals surface area (Å²) in [4.78, 5) is 0. The molecule has 0 aromatic heterocycles. The van der Waals surface area contributed by atoms with Crippen molar-refractivity contribution in [3.05, 3.63) is 53.6 Å². The van der Waals surface area contributed by atoms with Gasteiger partial charge in [0.25, 0.3) is 0 Å². The second kappa shape index (κ2) is 14.3. The molecule has 0 radical (unpaired) electrons. The number of rotatable bonds is 8. The first-order valence-corrected chi connectivity index (χ1v) is 13.3. The maximum Gasteiger partial charge on any atom is 0.229 e. The number of aromatic hydroxyl groups is 2. The van der Waals surface area contributed by atoms with Gasteiger partial charge in [0.15, 0.2) is 23.0 Å². The third-order valence-electron chi connectivity index (χ3n) is 6.89. The minimum atomic E-state index is -1.63. The van der Waals surface area contributed by atoms with Gasteiger partial charge in [-0.25, -0.2) is 0 Å². The summed E-state index contributed by atoms with van der Waals surface area (Å²) in [5.74, 6) is 5.02. The molecule has 2 aromatic rings. The first kappa shape index (κ1) is 32.5. The van der Waals surface area contributed by atoms with Gasteiger partial charge in [-0.15, -0.1) is 0 Å². The molecule has 0 aliphatic carbocycles. The molecule has 0 bridgehead atoms. The molecule has 4 rings (SSSR count). The third kappa shape index (κ3) is 7.55. The Labute approximate surface area is 245 Å². The predicted octanol–water partition coefficient (Wildman–Crippen LogP) is -2.09. The molecule has 10 N–H and O–H groups in total. The van der Waals surface area contributed by atoms with Crippen molar-refractivity contribution in [3.8, 4) is 34.8 Å². The van der Waals surface area contributed by atoms with Gasteiger partial charge < -0.3 is 70.0 Å². The van der Waals surface area contributed by atoms with Gasteiger partial charge in [-0.05, 0) is 35.9 Å². The fourth-order valence-electron chi connectivity index (χ4n) is 4.42. The lowest BCUT2D eigenvalue weighted by molar-refractivity contribution is -0.277. The number of phenolic OH excluding ortho intramolecular Hbond substituents is 2. The van der Waals surface area contributed by atoms with Gasteiger partial charge in [-0.2, -0.15) is 0 Å². The average Bonchev–Trinajstić information content (AvgIpc) is 2.99. The summed E-state index contributed by atoms with van der Waals surface area (Å²) in [7, 11) is 0. The molecule has 2 fully saturated rings. The van der Waals surface area contributed by atoms with Crippen LogP contribution in [0.1, 0.15) is 17.5 Å². The highest BCUT2D eigenvalue weighted by Gasteiger charge is 2.46. The van der Waals surface area contributed by atoms with E-state index >= 15 is 0 Å². The first-order chi connectivity index (χ1) is 20.5. The van der Waals surface area contributed by atoms with Crippen LogP contribution >= 0.6 is 0 Å². The zero-order valence-electron chi connectivity index (χ0n) is 22.6. The molecular weight excluding hydrogens is 572 g/mol. The van der Waals surface area contributed by atoms with E-state index in [1.54, 1.807) is 24.3 Å². The fraction of sp³-hybridized carbons (Fsp3) is 0.448. The summed E-state index contributed by atoms with van der Waals surface area (Å²) in [5, 5.41) is 99.0. The highest BCUT2D eigenvalue weighted by molar-refractivity contribution is 5.56. The molecule has 234 valence electrons. The van der Waals surface area contributed by atoms with Crippen molar-refractivity contribution < 1.29 is 70.0 Å². The molecule has 0 spiro atoms. The van der Waals surface area contributed by atoms with E-state index in [1.165, 1.54) is 24.3 Å². The first-order valence-electron chi connectivity index (χ1n) is 13.3. The Balaban J connectivity index is 1.31. The van der Waals surface area contributed by atoms with Crippen molar-refractivity contribution in [1.82, 2.24) is 0 Å². The Hall–Kier alpha value is -3.46. The van der Waals surface area contributed by atoms with E-state index in [2.05, 4.69) is 11.8 Å². The van der Waals surface area contributed by atoms with Crippen LogP contribution in [0.4, 0.5) is 0 Å². The summed E-state index contributed by atoms with van der Waals surface area (Å²) in [6.45, 7) is -1.23. The van der Waals surface area contributed by atoms with Crippen LogP contribution < -0.4 is 9.47 Å². The summed E-state index contributed by atoms with van der Waals surface area (Å²) in [6.07, 6.45) is -11.1. The Morgan fingerprint density at radius 3 is 1.67 bits per heavy atom. The number of hydrogen-bond donors (Lipinski definition) is 10. The number of phenols is 2. The van der Waals surface area contributed by atoms with Crippen molar-refractivity contribution in [2.45, 2.75) is 67.8 Å². The van der Waals surface area contributed by atoms with Crippen molar-refractivity contribution >= 4 is 6.08 Å². The van der Waals surface area contributed by atoms with Gasteiger partial charge in [0.05, 0.1) is 13.2 Å². The van der Waals surface area contributed by atoms with E-state index in [0.29, 0.717) is 17.5 Å². The minimum Gasteiger partial charge on any atom is -0.504 e. The topological polar surface area (TPSA) is 239 Å². The van der Waals surface area contributed by atoms with E-state index in [0.717, 1.165) is 0 Å². The van der Waals surface area contributed by atoms with Crippen LogP contribution in [0.15, 0.2) is 42.5 Å². The Morgan fingerprint density at radius 2 is 1.19 bits per heavy atom. The molecule has 0 amide bonds. The molecule has 2 aliphatic rings. The average molecular weight is 607 g/mol. The van der Waals surface area contributed by atoms with Crippen molar-refractivity contribution in [3.63, 3.8) is 0 Å². The van der Waals surface area contributed by atoms with Gasteiger partial charge in [-0.3, -0.25) is 0 Å². The maximum atomic E-state index is 10.3. The molecule has 10 atom stereocenters. The highest BCUT2D eigenvalue weighted by atomic mass is 16.7. The quantitative estimate of drug-likeness (QED) is 0.145. The summed E-state index contributed by atoms with van der Waals surface area (Å²) in [6, 6.07) is 8.65. The molecule has 2 saturated heterocycles. The molecule has 14 nitrogen and oxygen atoms in total. The van der Waals surface area contributed by atoms with Gasteiger partial charge in [0.2, 0.25) is 12.6 Å². The van der Waals surface area contributed by atoms with Crippen LogP contribution in [-0.2, 0) is 9.47 Å². The van der Waals surface area contributed by atoms with Gasteiger partial charge in [-0.1, -0.05) is 30.1 Å². The SMILES string of the molecule is OC[C@H]1O[C@@H](Oc2ccc(C#CCC=Cc3ccc(O[C@@H]4O[C@H](CO)[C@@H](O)[C@H](O)[C@H]4O)c(O)c3)cc2O)[C@H](O)[C@@H](O)[C@@H]1O. The van der Waals surface area contributed by atoms with E-state index in [9.17, 15) is 51.1 Å². The maximum absolute atomic E-state index is 10.3. The lowest BCUT2D eigenvalue weighted by Crippen LogP contribution is -2.60. The van der Waals surface area contributed by atoms with Crippen molar-refractivity contribution in [2.24, 2.45) is 0 Å². The smallest absolute Gasteiger partial charge is 0.229 e. The molecule has 0 unspecified atom stereocenters. The monoisotopic (exact) mass is 606 g/mol. The van der Waals surface area contributed by atoms with E-state index in [-0.39, 0.29) is 23.0 Å². The van der Waals surface area contributed by atoms with Gasteiger partial charge >= 0.3 is 0 Å². The fourth-order valence-corrected chi connectivity index (χ4v) is 4.42. The summed E-state index contributed by atoms with van der Waals surface area (Å²) < 4.78 is 21.4. The largest absolute Gasteiger partial charge is 0.504 e. The number of aliphatic hydroxyl groups excluding tert-OH is 8. The van der Waals surface area contributed by atoms with Gasteiger partial charge in [0.1, 0.15) is 48.8 Å². The minimum absolute atomic E-state index is 0.0555. The van der Waals surface area contributed by atoms with Gasteiger partial charge in [0, 0.05) is 12.0 Å². The summed E-state index contributed by atoms with van der Waals surface area (Å²) in [5.41, 5.74) is 1.03.